The summed E-state index contributed by atoms with van der Waals surface area (Å²) >= 11 is 5.45. The third kappa shape index (κ3) is 1.98. The second kappa shape index (κ2) is 4.73. The molecular weight excluding hydrogens is 310 g/mol. The summed E-state index contributed by atoms with van der Waals surface area (Å²) in [7, 11) is 0. The van der Waals surface area contributed by atoms with Crippen LogP contribution in [0.5, 0.6) is 5.75 Å². The van der Waals surface area contributed by atoms with Gasteiger partial charge in [0.2, 0.25) is 0 Å². The summed E-state index contributed by atoms with van der Waals surface area (Å²) in [5.74, 6) is 0.974. The molecule has 0 spiro atoms. The molecule has 0 amide bonds. The maximum atomic E-state index is 6.33. The van der Waals surface area contributed by atoms with E-state index in [0.717, 1.165) is 22.2 Å². The van der Waals surface area contributed by atoms with Gasteiger partial charge in [0.1, 0.15) is 11.9 Å². The Balaban J connectivity index is 1.89. The van der Waals surface area contributed by atoms with Gasteiger partial charge >= 0.3 is 0 Å². The molecule has 1 heterocycles. The molecule has 0 radical (unpaired) electrons. The van der Waals surface area contributed by atoms with Crippen molar-refractivity contribution in [1.29, 1.82) is 0 Å². The Morgan fingerprint density at radius 2 is 2.22 bits per heavy atom. The van der Waals surface area contributed by atoms with E-state index in [-0.39, 0.29) is 12.1 Å². The largest absolute Gasteiger partial charge is 0.489 e. The van der Waals surface area contributed by atoms with Crippen LogP contribution in [-0.4, -0.2) is 17.1 Å². The van der Waals surface area contributed by atoms with Crippen LogP contribution in [-0.2, 0) is 0 Å². The van der Waals surface area contributed by atoms with Crippen molar-refractivity contribution in [2.75, 3.05) is 6.26 Å². The lowest BCUT2D eigenvalue weighted by molar-refractivity contribution is 0.0810. The second-order valence-electron chi connectivity index (χ2n) is 5.25. The van der Waals surface area contributed by atoms with Crippen LogP contribution in [0.2, 0.25) is 0 Å². The maximum absolute atomic E-state index is 6.33. The smallest absolute Gasteiger partial charge is 0.124 e. The van der Waals surface area contributed by atoms with Gasteiger partial charge in [-0.25, -0.2) is 0 Å². The molecule has 98 valence electrons. The highest BCUT2D eigenvalue weighted by Crippen LogP contribution is 2.51. The normalized spacial score (nSPS) is 29.1. The summed E-state index contributed by atoms with van der Waals surface area (Å²) in [6, 6.07) is 6.25. The highest BCUT2D eigenvalue weighted by Gasteiger charge is 2.47. The molecule has 0 bridgehead atoms. The summed E-state index contributed by atoms with van der Waals surface area (Å²) in [6.45, 7) is 0. The van der Waals surface area contributed by atoms with Crippen molar-refractivity contribution in [2.45, 2.75) is 42.6 Å². The van der Waals surface area contributed by atoms with Gasteiger partial charge in [-0.1, -0.05) is 22.4 Å². The molecule has 1 unspecified atom stereocenters. The molecule has 1 aromatic rings. The molecular formula is C14H18BrNOS. The van der Waals surface area contributed by atoms with E-state index in [2.05, 4.69) is 28.3 Å². The van der Waals surface area contributed by atoms with Crippen molar-refractivity contribution in [3.05, 3.63) is 28.2 Å². The number of hydrogen-bond donors (Lipinski definition) is 1. The number of rotatable bonds is 2. The molecule has 1 aliphatic heterocycles. The van der Waals surface area contributed by atoms with Gasteiger partial charge in [0, 0.05) is 22.5 Å². The lowest BCUT2D eigenvalue weighted by Crippen LogP contribution is -2.51. The number of hydrogen-bond acceptors (Lipinski definition) is 3. The van der Waals surface area contributed by atoms with Crippen molar-refractivity contribution in [3.63, 3.8) is 0 Å². The Morgan fingerprint density at radius 1 is 1.44 bits per heavy atom. The molecule has 3 rings (SSSR count). The van der Waals surface area contributed by atoms with E-state index in [0.29, 0.717) is 4.75 Å². The zero-order chi connectivity index (χ0) is 12.8. The average Bonchev–Trinajstić information content (AvgIpc) is 2.29. The molecule has 4 heteroatoms. The number of ether oxygens (including phenoxy) is 1. The molecule has 1 aliphatic carbocycles. The minimum Gasteiger partial charge on any atom is -0.489 e. The van der Waals surface area contributed by atoms with E-state index in [1.54, 1.807) is 0 Å². The first-order valence-electron chi connectivity index (χ1n) is 6.41. The van der Waals surface area contributed by atoms with Crippen molar-refractivity contribution in [2.24, 2.45) is 5.73 Å². The third-order valence-electron chi connectivity index (χ3n) is 4.30. The van der Waals surface area contributed by atoms with Gasteiger partial charge < -0.3 is 10.5 Å². The van der Waals surface area contributed by atoms with Gasteiger partial charge in [-0.3, -0.25) is 0 Å². The van der Waals surface area contributed by atoms with Crippen LogP contribution in [0.25, 0.3) is 0 Å². The van der Waals surface area contributed by atoms with Crippen LogP contribution >= 0.6 is 27.7 Å². The van der Waals surface area contributed by atoms with Gasteiger partial charge in [-0.2, -0.15) is 11.8 Å². The highest BCUT2D eigenvalue weighted by molar-refractivity contribution is 9.10. The van der Waals surface area contributed by atoms with Gasteiger partial charge in [0.25, 0.3) is 0 Å². The molecule has 18 heavy (non-hydrogen) atoms. The molecule has 0 aromatic heterocycles. The van der Waals surface area contributed by atoms with Crippen LogP contribution in [0, 0.1) is 0 Å². The Hall–Kier alpha value is -0.190. The summed E-state index contributed by atoms with van der Waals surface area (Å²) < 4.78 is 7.61. The van der Waals surface area contributed by atoms with E-state index >= 15 is 0 Å². The third-order valence-corrected chi connectivity index (χ3v) is 6.28. The number of fused-ring (bicyclic) bond motifs is 1. The summed E-state index contributed by atoms with van der Waals surface area (Å²) in [6.07, 6.45) is 7.25. The van der Waals surface area contributed by atoms with E-state index in [4.69, 9.17) is 10.5 Å². The summed E-state index contributed by atoms with van der Waals surface area (Å²) in [5.41, 5.74) is 7.46. The van der Waals surface area contributed by atoms with E-state index in [9.17, 15) is 0 Å². The zero-order valence-electron chi connectivity index (χ0n) is 10.5. The Labute approximate surface area is 121 Å². The Bertz CT molecular complexity index is 456. The first-order valence-corrected chi connectivity index (χ1v) is 8.43. The second-order valence-corrected chi connectivity index (χ2v) is 7.39. The van der Waals surface area contributed by atoms with Gasteiger partial charge in [0.15, 0.2) is 0 Å². The zero-order valence-corrected chi connectivity index (χ0v) is 12.9. The molecule has 2 aliphatic rings. The predicted molar refractivity (Wildman–Crippen MR) is 80.2 cm³/mol. The van der Waals surface area contributed by atoms with Gasteiger partial charge in [-0.15, -0.1) is 0 Å². The molecule has 2 atom stereocenters. The summed E-state index contributed by atoms with van der Waals surface area (Å²) in [5, 5.41) is 0. The van der Waals surface area contributed by atoms with Gasteiger partial charge in [-0.05, 0) is 37.3 Å². The van der Waals surface area contributed by atoms with Crippen LogP contribution in [0.3, 0.4) is 0 Å². The molecule has 0 saturated heterocycles. The van der Waals surface area contributed by atoms with Crippen molar-refractivity contribution in [3.8, 4) is 5.75 Å². The fraction of sp³-hybridized carbons (Fsp3) is 0.571. The first kappa shape index (κ1) is 12.8. The summed E-state index contributed by atoms with van der Waals surface area (Å²) in [4.78, 5) is 0. The van der Waals surface area contributed by atoms with Crippen molar-refractivity contribution >= 4 is 27.7 Å². The van der Waals surface area contributed by atoms with Crippen LogP contribution < -0.4 is 10.5 Å². The SMILES string of the molecule is CSC1(C2C[C@@H](N)c3cc(Br)ccc3O2)CCC1. The maximum Gasteiger partial charge on any atom is 0.124 e. The number of nitrogens with two attached hydrogens (primary N) is 1. The fourth-order valence-electron chi connectivity index (χ4n) is 2.98. The average molecular weight is 328 g/mol. The number of benzene rings is 1. The fourth-order valence-corrected chi connectivity index (χ4v) is 4.46. The first-order chi connectivity index (χ1) is 8.64. The van der Waals surface area contributed by atoms with Crippen molar-refractivity contribution in [1.82, 2.24) is 0 Å². The van der Waals surface area contributed by atoms with Gasteiger partial charge in [0.05, 0.1) is 4.75 Å². The molecule has 1 fully saturated rings. The van der Waals surface area contributed by atoms with E-state index in [1.807, 2.05) is 23.9 Å². The quantitative estimate of drug-likeness (QED) is 0.895. The Morgan fingerprint density at radius 3 is 2.83 bits per heavy atom. The highest BCUT2D eigenvalue weighted by atomic mass is 79.9. The standard InChI is InChI=1S/C14H18BrNOS/c1-18-14(5-2-6-14)13-8-11(16)10-7-9(15)3-4-12(10)17-13/h3-4,7,11,13H,2,5-6,8,16H2,1H3/t11-,13?/m1/s1. The van der Waals surface area contributed by atoms with E-state index in [1.165, 1.54) is 19.3 Å². The topological polar surface area (TPSA) is 35.2 Å². The van der Waals surface area contributed by atoms with Crippen LogP contribution in [0.4, 0.5) is 0 Å². The molecule has 1 aromatic carbocycles. The molecule has 2 nitrogen and oxygen atoms in total. The lowest BCUT2D eigenvalue weighted by atomic mass is 9.76. The molecule has 1 saturated carbocycles. The predicted octanol–water partition coefficient (Wildman–Crippen LogP) is 3.89. The number of thioether (sulfide) groups is 1. The van der Waals surface area contributed by atoms with E-state index < -0.39 is 0 Å². The Kier molecular flexibility index (Phi) is 3.37. The monoisotopic (exact) mass is 327 g/mol. The molecule has 2 N–H and O–H groups in total. The van der Waals surface area contributed by atoms with Crippen LogP contribution in [0.15, 0.2) is 22.7 Å². The van der Waals surface area contributed by atoms with Crippen LogP contribution in [0.1, 0.15) is 37.3 Å². The number of halogens is 1. The minimum atomic E-state index is 0.0980. The van der Waals surface area contributed by atoms with Crippen molar-refractivity contribution < 1.29 is 4.74 Å². The minimum absolute atomic E-state index is 0.0980. The lowest BCUT2D eigenvalue weighted by Gasteiger charge is -2.48.